The summed E-state index contributed by atoms with van der Waals surface area (Å²) in [7, 11) is 5.19. The Kier molecular flexibility index (Phi) is 7.03. The highest BCUT2D eigenvalue weighted by Gasteiger charge is 2.47. The van der Waals surface area contributed by atoms with Gasteiger partial charge in [0.25, 0.3) is 5.91 Å². The van der Waals surface area contributed by atoms with Crippen molar-refractivity contribution in [3.63, 3.8) is 0 Å². The normalized spacial score (nSPS) is 18.7. The molecule has 1 atom stereocenters. The fourth-order valence-electron chi connectivity index (χ4n) is 4.40. The van der Waals surface area contributed by atoms with Gasteiger partial charge in [0.1, 0.15) is 17.7 Å². The van der Waals surface area contributed by atoms with Gasteiger partial charge in [0, 0.05) is 36.3 Å². The Labute approximate surface area is 200 Å². The minimum absolute atomic E-state index is 0.0937. The van der Waals surface area contributed by atoms with E-state index in [1.807, 2.05) is 55.3 Å². The van der Waals surface area contributed by atoms with Crippen molar-refractivity contribution in [2.75, 3.05) is 34.4 Å². The van der Waals surface area contributed by atoms with Crippen molar-refractivity contribution in [1.82, 2.24) is 15.2 Å². The highest BCUT2D eigenvalue weighted by molar-refractivity contribution is 5.97. The Bertz CT molecular complexity index is 1170. The highest BCUT2D eigenvalue weighted by atomic mass is 19.1. The van der Waals surface area contributed by atoms with E-state index in [0.717, 1.165) is 53.6 Å². The summed E-state index contributed by atoms with van der Waals surface area (Å²) < 4.78 is 22.9. The third kappa shape index (κ3) is 5.14. The van der Waals surface area contributed by atoms with E-state index in [1.165, 1.54) is 0 Å². The van der Waals surface area contributed by atoms with Gasteiger partial charge in [-0.2, -0.15) is 0 Å². The van der Waals surface area contributed by atoms with Gasteiger partial charge in [-0.1, -0.05) is 12.1 Å². The minimum atomic E-state index is -0.551. The number of carbonyl (C=O) groups excluding carboxylic acids is 1. The van der Waals surface area contributed by atoms with Gasteiger partial charge < -0.3 is 19.7 Å². The smallest absolute Gasteiger partial charge is 0.252 e. The lowest BCUT2D eigenvalue weighted by atomic mass is 9.97. The number of rotatable bonds is 5. The standard InChI is InChI=1S/C22H22N2O3.C5H10FN/c1-14-6-7-15(26-2)11-18(14)21(25)24-22(8-9-22)19-12-16(27-3)13-20-17(19)5-4-10-23-20;1-7-3-2-5(6)4-7/h4-7,10-13H,8-9H2,1-3H3,(H,24,25);5H,2-4H2,1H3. The zero-order valence-electron chi connectivity index (χ0n) is 20.2. The average Bonchev–Trinajstić information content (AvgIpc) is 3.52. The summed E-state index contributed by atoms with van der Waals surface area (Å²) in [5.41, 5.74) is 3.08. The van der Waals surface area contributed by atoms with Crippen molar-refractivity contribution in [2.24, 2.45) is 0 Å². The molecule has 2 fully saturated rings. The van der Waals surface area contributed by atoms with Crippen LogP contribution in [0, 0.1) is 6.92 Å². The number of nitrogens with zero attached hydrogens (tertiary/aromatic N) is 2. The Morgan fingerprint density at radius 2 is 1.91 bits per heavy atom. The lowest BCUT2D eigenvalue weighted by Gasteiger charge is -2.21. The number of aromatic nitrogens is 1. The SMILES string of the molecule is CN1CCC(F)C1.COc1ccc(C)c(C(=O)NC2(c3cc(OC)cc4ncccc34)CC2)c1. The van der Waals surface area contributed by atoms with Crippen molar-refractivity contribution >= 4 is 16.8 Å². The van der Waals surface area contributed by atoms with Gasteiger partial charge in [-0.05, 0) is 68.6 Å². The van der Waals surface area contributed by atoms with Crippen molar-refractivity contribution in [3.8, 4) is 11.5 Å². The van der Waals surface area contributed by atoms with Crippen molar-refractivity contribution < 1.29 is 18.7 Å². The molecule has 34 heavy (non-hydrogen) atoms. The number of benzene rings is 2. The Morgan fingerprint density at radius 1 is 1.15 bits per heavy atom. The topological polar surface area (TPSA) is 63.7 Å². The van der Waals surface area contributed by atoms with Gasteiger partial charge in [0.05, 0.1) is 25.3 Å². The molecule has 0 bridgehead atoms. The molecule has 1 amide bonds. The van der Waals surface area contributed by atoms with Crippen LogP contribution in [-0.2, 0) is 5.54 Å². The zero-order chi connectivity index (χ0) is 24.3. The molecule has 0 radical (unpaired) electrons. The summed E-state index contributed by atoms with van der Waals surface area (Å²) >= 11 is 0. The molecule has 7 heteroatoms. The number of carbonyl (C=O) groups is 1. The van der Waals surface area contributed by atoms with Gasteiger partial charge in [-0.3, -0.25) is 9.78 Å². The molecule has 1 unspecified atom stereocenters. The van der Waals surface area contributed by atoms with Crippen LogP contribution in [0.25, 0.3) is 10.9 Å². The quantitative estimate of drug-likeness (QED) is 0.595. The third-order valence-corrected chi connectivity index (χ3v) is 6.57. The van der Waals surface area contributed by atoms with Crippen LogP contribution in [0.1, 0.15) is 40.7 Å². The third-order valence-electron chi connectivity index (χ3n) is 6.57. The van der Waals surface area contributed by atoms with E-state index in [-0.39, 0.29) is 11.4 Å². The molecule has 180 valence electrons. The first kappa shape index (κ1) is 24.0. The fraction of sp³-hybridized carbons (Fsp3) is 0.407. The maximum absolute atomic E-state index is 13.0. The molecule has 1 saturated heterocycles. The molecule has 2 aromatic carbocycles. The Morgan fingerprint density at radius 3 is 2.50 bits per heavy atom. The summed E-state index contributed by atoms with van der Waals surface area (Å²) in [6, 6.07) is 13.4. The number of amides is 1. The lowest BCUT2D eigenvalue weighted by molar-refractivity contribution is 0.0930. The van der Waals surface area contributed by atoms with Crippen LogP contribution >= 0.6 is 0 Å². The maximum Gasteiger partial charge on any atom is 0.252 e. The van der Waals surface area contributed by atoms with E-state index < -0.39 is 6.17 Å². The molecule has 0 spiro atoms. The molecule has 1 saturated carbocycles. The molecule has 1 aromatic heterocycles. The predicted octanol–water partition coefficient (Wildman–Crippen LogP) is 4.64. The van der Waals surface area contributed by atoms with Gasteiger partial charge >= 0.3 is 0 Å². The van der Waals surface area contributed by atoms with Crippen LogP contribution < -0.4 is 14.8 Å². The number of likely N-dealkylation sites (tertiary alicyclic amines) is 1. The molecule has 1 N–H and O–H groups in total. The molecular weight excluding hydrogens is 433 g/mol. The largest absolute Gasteiger partial charge is 0.497 e. The number of pyridine rings is 1. The maximum atomic E-state index is 13.0. The molecular formula is C27H32FN3O3. The molecule has 1 aliphatic heterocycles. The Balaban J connectivity index is 0.000000336. The molecule has 6 nitrogen and oxygen atoms in total. The van der Waals surface area contributed by atoms with E-state index in [0.29, 0.717) is 17.9 Å². The molecule has 2 heterocycles. The molecule has 3 aromatic rings. The van der Waals surface area contributed by atoms with E-state index in [2.05, 4.69) is 10.3 Å². The van der Waals surface area contributed by atoms with Crippen molar-refractivity contribution in [3.05, 3.63) is 65.4 Å². The van der Waals surface area contributed by atoms with E-state index in [1.54, 1.807) is 26.5 Å². The van der Waals surface area contributed by atoms with Gasteiger partial charge in [0.15, 0.2) is 0 Å². The lowest BCUT2D eigenvalue weighted by Crippen LogP contribution is -2.35. The number of hydrogen-bond acceptors (Lipinski definition) is 5. The fourth-order valence-corrected chi connectivity index (χ4v) is 4.40. The predicted molar refractivity (Wildman–Crippen MR) is 131 cm³/mol. The second-order valence-corrected chi connectivity index (χ2v) is 9.11. The van der Waals surface area contributed by atoms with Gasteiger partial charge in [-0.25, -0.2) is 4.39 Å². The van der Waals surface area contributed by atoms with Crippen molar-refractivity contribution in [1.29, 1.82) is 0 Å². The number of hydrogen-bond donors (Lipinski definition) is 1. The molecule has 5 rings (SSSR count). The van der Waals surface area contributed by atoms with Crippen LogP contribution in [0.2, 0.25) is 0 Å². The monoisotopic (exact) mass is 465 g/mol. The Hall–Kier alpha value is -3.19. The van der Waals surface area contributed by atoms with Crippen LogP contribution in [0.15, 0.2) is 48.7 Å². The number of nitrogens with one attached hydrogen (secondary N) is 1. The number of alkyl halides is 1. The molecule has 1 aliphatic carbocycles. The number of aryl methyl sites for hydroxylation is 1. The molecule has 2 aliphatic rings. The number of methoxy groups -OCH3 is 2. The summed E-state index contributed by atoms with van der Waals surface area (Å²) in [5.74, 6) is 1.32. The second-order valence-electron chi connectivity index (χ2n) is 9.11. The average molecular weight is 466 g/mol. The minimum Gasteiger partial charge on any atom is -0.497 e. The van der Waals surface area contributed by atoms with E-state index in [4.69, 9.17) is 9.47 Å². The summed E-state index contributed by atoms with van der Waals surface area (Å²) in [6.45, 7) is 3.50. The van der Waals surface area contributed by atoms with Crippen LogP contribution in [0.5, 0.6) is 11.5 Å². The first-order chi connectivity index (χ1) is 16.3. The number of fused-ring (bicyclic) bond motifs is 1. The zero-order valence-corrected chi connectivity index (χ0v) is 20.2. The van der Waals surface area contributed by atoms with Crippen LogP contribution in [-0.4, -0.2) is 56.3 Å². The van der Waals surface area contributed by atoms with E-state index >= 15 is 0 Å². The summed E-state index contributed by atoms with van der Waals surface area (Å²) in [5, 5.41) is 4.30. The first-order valence-electron chi connectivity index (χ1n) is 11.6. The summed E-state index contributed by atoms with van der Waals surface area (Å²) in [6.07, 6.45) is 3.72. The summed E-state index contributed by atoms with van der Waals surface area (Å²) in [4.78, 5) is 19.5. The first-order valence-corrected chi connectivity index (χ1v) is 11.6. The van der Waals surface area contributed by atoms with E-state index in [9.17, 15) is 9.18 Å². The highest BCUT2D eigenvalue weighted by Crippen LogP contribution is 2.49. The number of ether oxygens (including phenoxy) is 2. The van der Waals surface area contributed by atoms with Gasteiger partial charge in [0.2, 0.25) is 0 Å². The number of halogens is 1. The van der Waals surface area contributed by atoms with Crippen LogP contribution in [0.3, 0.4) is 0 Å². The van der Waals surface area contributed by atoms with Crippen molar-refractivity contribution in [2.45, 2.75) is 37.9 Å². The van der Waals surface area contributed by atoms with Gasteiger partial charge in [-0.15, -0.1) is 0 Å². The second kappa shape index (κ2) is 9.97. The van der Waals surface area contributed by atoms with Crippen LogP contribution in [0.4, 0.5) is 4.39 Å².